The summed E-state index contributed by atoms with van der Waals surface area (Å²) >= 11 is 12.5. The average molecular weight is 498 g/mol. The minimum atomic E-state index is -0.874. The number of fused-ring (bicyclic) bond motifs is 2. The van der Waals surface area contributed by atoms with Gasteiger partial charge in [-0.05, 0) is 54.1 Å². The minimum absolute atomic E-state index is 0.0767. The number of carbonyl (C=O) groups is 1. The van der Waals surface area contributed by atoms with Crippen LogP contribution in [0.4, 0.5) is 5.69 Å². The number of phenols is 1. The first-order valence-corrected chi connectivity index (χ1v) is 10.9. The van der Waals surface area contributed by atoms with Gasteiger partial charge in [-0.25, -0.2) is 0 Å². The summed E-state index contributed by atoms with van der Waals surface area (Å²) in [6.45, 7) is 0. The zero-order valence-corrected chi connectivity index (χ0v) is 19.5. The number of benzene rings is 3. The van der Waals surface area contributed by atoms with Crippen LogP contribution in [0, 0.1) is 0 Å². The summed E-state index contributed by atoms with van der Waals surface area (Å²) in [4.78, 5) is 28.7. The molecular formula is C25H17Cl2NO6. The number of ether oxygens (including phenoxy) is 2. The Morgan fingerprint density at radius 3 is 2.41 bits per heavy atom. The van der Waals surface area contributed by atoms with Crippen molar-refractivity contribution in [1.29, 1.82) is 0 Å². The Kier molecular flexibility index (Phi) is 5.38. The van der Waals surface area contributed by atoms with Crippen molar-refractivity contribution in [3.63, 3.8) is 0 Å². The molecule has 172 valence electrons. The maximum absolute atomic E-state index is 13.6. The smallest absolute Gasteiger partial charge is 0.295 e. The molecule has 0 fully saturated rings. The molecule has 1 amide bonds. The van der Waals surface area contributed by atoms with E-state index in [4.69, 9.17) is 37.1 Å². The molecule has 5 rings (SSSR count). The number of nitrogens with zero attached hydrogens (tertiary/aromatic N) is 1. The van der Waals surface area contributed by atoms with Gasteiger partial charge < -0.3 is 19.0 Å². The molecule has 0 aliphatic carbocycles. The fraction of sp³-hybridized carbons (Fsp3) is 0.120. The van der Waals surface area contributed by atoms with Gasteiger partial charge in [-0.3, -0.25) is 14.5 Å². The van der Waals surface area contributed by atoms with E-state index >= 15 is 0 Å². The maximum atomic E-state index is 13.6. The monoisotopic (exact) mass is 497 g/mol. The van der Waals surface area contributed by atoms with E-state index in [1.165, 1.54) is 31.3 Å². The second-order valence-electron chi connectivity index (χ2n) is 7.64. The molecule has 1 aromatic heterocycles. The molecule has 9 heteroatoms. The van der Waals surface area contributed by atoms with E-state index in [0.717, 1.165) is 0 Å². The summed E-state index contributed by atoms with van der Waals surface area (Å²) in [7, 11) is 2.90. The van der Waals surface area contributed by atoms with Crippen molar-refractivity contribution in [1.82, 2.24) is 0 Å². The quantitative estimate of drug-likeness (QED) is 0.396. The standard InChI is InChI=1S/C25H17Cl2NO6/c1-32-19-8-5-14(11-16(19)27)28-22(12-3-6-17(29)20(9-12)33-2)21-23(30)15-10-13(26)4-7-18(15)34-24(21)25(28)31/h3-11,22,29H,1-2H3. The molecule has 1 atom stereocenters. The van der Waals surface area contributed by atoms with Gasteiger partial charge in [0.25, 0.3) is 5.91 Å². The van der Waals surface area contributed by atoms with Crippen molar-refractivity contribution in [2.45, 2.75) is 6.04 Å². The Hall–Kier alpha value is -3.68. The number of hydrogen-bond acceptors (Lipinski definition) is 6. The first-order valence-electron chi connectivity index (χ1n) is 10.1. The fourth-order valence-electron chi connectivity index (χ4n) is 4.20. The molecule has 3 aromatic carbocycles. The van der Waals surface area contributed by atoms with Gasteiger partial charge in [0.05, 0.1) is 36.2 Å². The minimum Gasteiger partial charge on any atom is -0.504 e. The molecule has 2 heterocycles. The molecule has 1 unspecified atom stereocenters. The third-order valence-corrected chi connectivity index (χ3v) is 6.30. The van der Waals surface area contributed by atoms with Crippen LogP contribution in [0.3, 0.4) is 0 Å². The summed E-state index contributed by atoms with van der Waals surface area (Å²) in [5, 5.41) is 11.0. The lowest BCUT2D eigenvalue weighted by Gasteiger charge is -2.26. The Labute approximate surface area is 203 Å². The highest BCUT2D eigenvalue weighted by molar-refractivity contribution is 6.32. The number of phenolic OH excluding ortho intramolecular Hbond substituents is 1. The molecular weight excluding hydrogens is 481 g/mol. The molecule has 1 aliphatic heterocycles. The zero-order valence-electron chi connectivity index (χ0n) is 18.0. The van der Waals surface area contributed by atoms with E-state index in [1.54, 1.807) is 42.5 Å². The van der Waals surface area contributed by atoms with E-state index in [9.17, 15) is 14.7 Å². The first kappa shape index (κ1) is 22.1. The van der Waals surface area contributed by atoms with E-state index in [-0.39, 0.29) is 39.2 Å². The van der Waals surface area contributed by atoms with Crippen molar-refractivity contribution < 1.29 is 23.8 Å². The predicted octanol–water partition coefficient (Wildman–Crippen LogP) is 5.57. The number of carbonyl (C=O) groups excluding carboxylic acids is 1. The van der Waals surface area contributed by atoms with Crippen molar-refractivity contribution in [3.05, 3.63) is 91.8 Å². The van der Waals surface area contributed by atoms with Crippen LogP contribution < -0.4 is 19.8 Å². The number of aromatic hydroxyl groups is 1. The molecule has 1 N–H and O–H groups in total. The Morgan fingerprint density at radius 1 is 0.941 bits per heavy atom. The van der Waals surface area contributed by atoms with E-state index in [2.05, 4.69) is 0 Å². The Morgan fingerprint density at radius 2 is 1.71 bits per heavy atom. The lowest BCUT2D eigenvalue weighted by molar-refractivity contribution is 0.0971. The maximum Gasteiger partial charge on any atom is 0.295 e. The Balaban J connectivity index is 1.81. The van der Waals surface area contributed by atoms with Crippen LogP contribution in [0.15, 0.2) is 63.8 Å². The topological polar surface area (TPSA) is 89.2 Å². The first-order chi connectivity index (χ1) is 16.3. The third kappa shape index (κ3) is 3.36. The van der Waals surface area contributed by atoms with Crippen LogP contribution in [0.1, 0.15) is 27.7 Å². The average Bonchev–Trinajstić information content (AvgIpc) is 3.12. The van der Waals surface area contributed by atoms with Gasteiger partial charge >= 0.3 is 0 Å². The number of methoxy groups -OCH3 is 2. The van der Waals surface area contributed by atoms with Crippen molar-refractivity contribution in [3.8, 4) is 17.2 Å². The normalized spacial score (nSPS) is 15.0. The molecule has 34 heavy (non-hydrogen) atoms. The summed E-state index contributed by atoms with van der Waals surface area (Å²) in [6, 6.07) is 13.3. The van der Waals surface area contributed by atoms with Gasteiger partial charge in [-0.1, -0.05) is 29.3 Å². The molecule has 1 aliphatic rings. The molecule has 0 radical (unpaired) electrons. The number of halogens is 2. The number of amides is 1. The van der Waals surface area contributed by atoms with Crippen molar-refractivity contribution in [2.75, 3.05) is 19.1 Å². The number of hydrogen-bond donors (Lipinski definition) is 1. The van der Waals surface area contributed by atoms with Crippen LogP contribution >= 0.6 is 23.2 Å². The van der Waals surface area contributed by atoms with Crippen LogP contribution in [0.2, 0.25) is 10.0 Å². The lowest BCUT2D eigenvalue weighted by atomic mass is 9.97. The number of anilines is 1. The van der Waals surface area contributed by atoms with Gasteiger partial charge in [0, 0.05) is 10.7 Å². The highest BCUT2D eigenvalue weighted by atomic mass is 35.5. The summed E-state index contributed by atoms with van der Waals surface area (Å²) in [5.41, 5.74) is 0.979. The van der Waals surface area contributed by atoms with Gasteiger partial charge in [-0.2, -0.15) is 0 Å². The second kappa shape index (κ2) is 8.27. The van der Waals surface area contributed by atoms with Gasteiger partial charge in [0.1, 0.15) is 11.3 Å². The molecule has 4 aromatic rings. The van der Waals surface area contributed by atoms with Crippen molar-refractivity contribution in [2.24, 2.45) is 0 Å². The van der Waals surface area contributed by atoms with Crippen LogP contribution in [0.5, 0.6) is 17.2 Å². The summed E-state index contributed by atoms with van der Waals surface area (Å²) < 4.78 is 16.4. The van der Waals surface area contributed by atoms with Gasteiger partial charge in [0.15, 0.2) is 16.9 Å². The Bertz CT molecular complexity index is 1530. The highest BCUT2D eigenvalue weighted by Crippen LogP contribution is 2.44. The molecule has 0 bridgehead atoms. The van der Waals surface area contributed by atoms with Crippen LogP contribution in [-0.2, 0) is 0 Å². The number of rotatable bonds is 4. The highest BCUT2D eigenvalue weighted by Gasteiger charge is 2.44. The van der Waals surface area contributed by atoms with E-state index in [1.807, 2.05) is 0 Å². The molecule has 0 spiro atoms. The fourth-order valence-corrected chi connectivity index (χ4v) is 4.62. The predicted molar refractivity (Wildman–Crippen MR) is 129 cm³/mol. The lowest BCUT2D eigenvalue weighted by Crippen LogP contribution is -2.29. The molecule has 0 saturated heterocycles. The zero-order chi connectivity index (χ0) is 24.1. The van der Waals surface area contributed by atoms with Crippen molar-refractivity contribution >= 4 is 45.8 Å². The van der Waals surface area contributed by atoms with Gasteiger partial charge in [-0.15, -0.1) is 0 Å². The van der Waals surface area contributed by atoms with E-state index in [0.29, 0.717) is 27.0 Å². The molecule has 7 nitrogen and oxygen atoms in total. The third-order valence-electron chi connectivity index (χ3n) is 5.77. The van der Waals surface area contributed by atoms with Gasteiger partial charge in [0.2, 0.25) is 5.76 Å². The van der Waals surface area contributed by atoms with Crippen LogP contribution in [-0.4, -0.2) is 25.2 Å². The van der Waals surface area contributed by atoms with Crippen LogP contribution in [0.25, 0.3) is 11.0 Å². The molecule has 0 saturated carbocycles. The summed E-state index contributed by atoms with van der Waals surface area (Å²) in [5.74, 6) is -0.0375. The SMILES string of the molecule is COc1cc(C2c3c(oc4ccc(Cl)cc4c3=O)C(=O)N2c2ccc(OC)c(Cl)c2)ccc1O. The van der Waals surface area contributed by atoms with E-state index < -0.39 is 11.9 Å². The largest absolute Gasteiger partial charge is 0.504 e. The summed E-state index contributed by atoms with van der Waals surface area (Å²) in [6.07, 6.45) is 0. The second-order valence-corrected chi connectivity index (χ2v) is 8.49.